The molecule has 0 unspecified atom stereocenters. The summed E-state index contributed by atoms with van der Waals surface area (Å²) in [6, 6.07) is 10.8. The first-order chi connectivity index (χ1) is 14.8. The molecule has 3 aromatic rings. The first-order valence-corrected chi connectivity index (χ1v) is 9.69. The second kappa shape index (κ2) is 9.74. The molecule has 0 atom stereocenters. The normalized spacial score (nSPS) is 12.4. The summed E-state index contributed by atoms with van der Waals surface area (Å²) < 4.78 is 38.8. The summed E-state index contributed by atoms with van der Waals surface area (Å²) in [4.78, 5) is 21.3. The van der Waals surface area contributed by atoms with Crippen molar-refractivity contribution in [3.05, 3.63) is 59.9 Å². The third-order valence-corrected chi connectivity index (χ3v) is 4.63. The van der Waals surface area contributed by atoms with Crippen molar-refractivity contribution >= 4 is 17.1 Å². The zero-order valence-corrected chi connectivity index (χ0v) is 16.9. The predicted molar refractivity (Wildman–Crippen MR) is 110 cm³/mol. The van der Waals surface area contributed by atoms with Crippen LogP contribution < -0.4 is 0 Å². The van der Waals surface area contributed by atoms with E-state index in [-0.39, 0.29) is 19.6 Å². The molecular formula is C22H22F3N3O3. The van der Waals surface area contributed by atoms with Crippen molar-refractivity contribution in [2.45, 2.75) is 32.4 Å². The van der Waals surface area contributed by atoms with Gasteiger partial charge in [0.05, 0.1) is 30.6 Å². The largest absolute Gasteiger partial charge is 0.393 e. The summed E-state index contributed by atoms with van der Waals surface area (Å²) in [5.41, 5.74) is 4.37. The van der Waals surface area contributed by atoms with E-state index in [1.165, 1.54) is 0 Å². The lowest BCUT2D eigenvalue weighted by Crippen LogP contribution is -2.12. The number of fused-ring (bicyclic) bond motifs is 1. The zero-order chi connectivity index (χ0) is 22.4. The molecule has 1 N–H and O–H groups in total. The van der Waals surface area contributed by atoms with Crippen molar-refractivity contribution in [3.8, 4) is 11.3 Å². The van der Waals surface area contributed by atoms with Crippen LogP contribution in [0.5, 0.6) is 0 Å². The average molecular weight is 433 g/mol. The van der Waals surface area contributed by atoms with Crippen molar-refractivity contribution in [3.63, 3.8) is 0 Å². The van der Waals surface area contributed by atoms with Crippen LogP contribution >= 0.6 is 0 Å². The lowest BCUT2D eigenvalue weighted by molar-refractivity contribution is -0.143. The number of hydrogen-bond acceptors (Lipinski definition) is 5. The third-order valence-electron chi connectivity index (χ3n) is 4.63. The molecule has 0 saturated carbocycles. The third kappa shape index (κ3) is 6.14. The number of aromatic nitrogens is 2. The number of ketones is 1. The highest BCUT2D eigenvalue weighted by molar-refractivity contribution is 5.99. The number of carbonyl (C=O) groups is 1. The molecule has 31 heavy (non-hydrogen) atoms. The van der Waals surface area contributed by atoms with Crippen molar-refractivity contribution in [1.29, 1.82) is 0 Å². The van der Waals surface area contributed by atoms with Crippen molar-refractivity contribution in [1.82, 2.24) is 9.38 Å². The minimum atomic E-state index is -4.33. The van der Waals surface area contributed by atoms with Crippen molar-refractivity contribution in [2.75, 3.05) is 13.2 Å². The number of hydrogen-bond donors (Lipinski definition) is 1. The van der Waals surface area contributed by atoms with E-state index in [2.05, 4.69) is 10.1 Å². The Balaban J connectivity index is 1.78. The minimum Gasteiger partial charge on any atom is -0.393 e. The van der Waals surface area contributed by atoms with Crippen LogP contribution in [-0.4, -0.2) is 45.4 Å². The summed E-state index contributed by atoms with van der Waals surface area (Å²) in [6.45, 7) is 1.78. The zero-order valence-electron chi connectivity index (χ0n) is 16.9. The number of Topliss-reactive ketones (excluding diaryl/α,β-unsaturated/α-hetero) is 1. The van der Waals surface area contributed by atoms with Gasteiger partial charge in [-0.05, 0) is 30.7 Å². The number of benzene rings is 1. The number of halogens is 3. The van der Waals surface area contributed by atoms with Crippen LogP contribution in [-0.2, 0) is 16.1 Å². The standard InChI is InChI=1S/C22H22F3N3O3/c1-15(27-31-10-9-29)17-6-8-28-20(14-26-21(28)13-17)18-4-2-3-16(11-18)12-19(30)5-7-22(23,24)25/h2-4,6,8,11,13-14,29H,5,7,9-10,12H2,1H3/b27-15+. The monoisotopic (exact) mass is 433 g/mol. The highest BCUT2D eigenvalue weighted by Gasteiger charge is 2.27. The van der Waals surface area contributed by atoms with Crippen LogP contribution in [0.25, 0.3) is 16.9 Å². The Kier molecular flexibility index (Phi) is 7.06. The SMILES string of the molecule is C/C(=N\OCCO)c1ccn2c(-c3cccc(CC(=O)CCC(F)(F)F)c3)cnc2c1. The van der Waals surface area contributed by atoms with Crippen LogP contribution in [0.15, 0.2) is 53.9 Å². The maximum atomic E-state index is 12.3. The molecule has 0 radical (unpaired) electrons. The first-order valence-electron chi connectivity index (χ1n) is 9.69. The molecule has 0 bridgehead atoms. The highest BCUT2D eigenvalue weighted by Crippen LogP contribution is 2.24. The number of alkyl halides is 3. The van der Waals surface area contributed by atoms with Gasteiger partial charge in [-0.3, -0.25) is 9.20 Å². The summed E-state index contributed by atoms with van der Waals surface area (Å²) in [5.74, 6) is -0.449. The molecule has 0 saturated heterocycles. The molecule has 164 valence electrons. The predicted octanol–water partition coefficient (Wildman–Crippen LogP) is 4.19. The fraction of sp³-hybridized carbons (Fsp3) is 0.318. The van der Waals surface area contributed by atoms with Gasteiger partial charge in [-0.25, -0.2) is 4.98 Å². The fourth-order valence-electron chi connectivity index (χ4n) is 3.09. The molecule has 0 aliphatic rings. The summed E-state index contributed by atoms with van der Waals surface area (Å²) in [5, 5.41) is 12.7. The van der Waals surface area contributed by atoms with Gasteiger partial charge in [0, 0.05) is 30.2 Å². The fourth-order valence-corrected chi connectivity index (χ4v) is 3.09. The van der Waals surface area contributed by atoms with E-state index in [9.17, 15) is 18.0 Å². The van der Waals surface area contributed by atoms with Gasteiger partial charge in [0.15, 0.2) is 0 Å². The number of carbonyl (C=O) groups excluding carboxylic acids is 1. The number of oxime groups is 1. The Morgan fingerprint density at radius 3 is 2.81 bits per heavy atom. The molecular weight excluding hydrogens is 411 g/mol. The number of pyridine rings is 1. The Hall–Kier alpha value is -3.20. The molecule has 0 fully saturated rings. The Morgan fingerprint density at radius 2 is 2.06 bits per heavy atom. The lowest BCUT2D eigenvalue weighted by atomic mass is 10.0. The molecule has 2 aromatic heterocycles. The van der Waals surface area contributed by atoms with Crippen molar-refractivity contribution in [2.24, 2.45) is 5.16 Å². The summed E-state index contributed by atoms with van der Waals surface area (Å²) in [6.07, 6.45) is -2.48. The Morgan fingerprint density at radius 1 is 1.26 bits per heavy atom. The van der Waals surface area contributed by atoms with Gasteiger partial charge < -0.3 is 9.94 Å². The van der Waals surface area contributed by atoms with Gasteiger partial charge in [-0.2, -0.15) is 13.2 Å². The first kappa shape index (κ1) is 22.5. The molecule has 2 heterocycles. The number of imidazole rings is 1. The molecule has 1 aromatic carbocycles. The smallest absolute Gasteiger partial charge is 0.389 e. The molecule has 9 heteroatoms. The van der Waals surface area contributed by atoms with Gasteiger partial charge in [-0.1, -0.05) is 23.4 Å². The van der Waals surface area contributed by atoms with E-state index >= 15 is 0 Å². The topological polar surface area (TPSA) is 76.2 Å². The van der Waals surface area contributed by atoms with Gasteiger partial charge >= 0.3 is 6.18 Å². The summed E-state index contributed by atoms with van der Waals surface area (Å²) in [7, 11) is 0. The van der Waals surface area contributed by atoms with E-state index in [0.29, 0.717) is 16.9 Å². The van der Waals surface area contributed by atoms with E-state index in [1.54, 1.807) is 31.3 Å². The van der Waals surface area contributed by atoms with Crippen LogP contribution in [0.1, 0.15) is 30.9 Å². The molecule has 0 amide bonds. The van der Waals surface area contributed by atoms with Gasteiger partial charge in [0.2, 0.25) is 0 Å². The summed E-state index contributed by atoms with van der Waals surface area (Å²) >= 11 is 0. The molecule has 6 nitrogen and oxygen atoms in total. The number of nitrogens with zero attached hydrogens (tertiary/aromatic N) is 3. The van der Waals surface area contributed by atoms with Gasteiger partial charge in [0.1, 0.15) is 18.0 Å². The van der Waals surface area contributed by atoms with Gasteiger partial charge in [0.25, 0.3) is 0 Å². The maximum absolute atomic E-state index is 12.3. The van der Waals surface area contributed by atoms with E-state index < -0.39 is 24.8 Å². The Labute approximate surface area is 177 Å². The van der Waals surface area contributed by atoms with Gasteiger partial charge in [-0.15, -0.1) is 0 Å². The molecule has 0 spiro atoms. The molecule has 3 rings (SSSR count). The molecule has 0 aliphatic heterocycles. The molecule has 0 aliphatic carbocycles. The average Bonchev–Trinajstić information content (AvgIpc) is 3.15. The quantitative estimate of drug-likeness (QED) is 0.312. The Bertz CT molecular complexity index is 1090. The van der Waals surface area contributed by atoms with E-state index in [1.807, 2.05) is 28.8 Å². The van der Waals surface area contributed by atoms with E-state index in [0.717, 1.165) is 16.8 Å². The van der Waals surface area contributed by atoms with Crippen molar-refractivity contribution < 1.29 is 27.9 Å². The number of aliphatic hydroxyl groups excluding tert-OH is 1. The van der Waals surface area contributed by atoms with Crippen LogP contribution in [0.2, 0.25) is 0 Å². The number of aliphatic hydroxyl groups is 1. The van der Waals surface area contributed by atoms with Crippen LogP contribution in [0.3, 0.4) is 0 Å². The second-order valence-corrected chi connectivity index (χ2v) is 7.05. The van der Waals surface area contributed by atoms with Crippen LogP contribution in [0.4, 0.5) is 13.2 Å². The van der Waals surface area contributed by atoms with Crippen LogP contribution in [0, 0.1) is 0 Å². The number of rotatable bonds is 9. The lowest BCUT2D eigenvalue weighted by Gasteiger charge is -2.08. The second-order valence-electron chi connectivity index (χ2n) is 7.05. The highest BCUT2D eigenvalue weighted by atomic mass is 19.4. The minimum absolute atomic E-state index is 0.0473. The van der Waals surface area contributed by atoms with E-state index in [4.69, 9.17) is 9.94 Å². The maximum Gasteiger partial charge on any atom is 0.389 e.